The predicted molar refractivity (Wildman–Crippen MR) is 117 cm³/mol. The van der Waals surface area contributed by atoms with E-state index in [4.69, 9.17) is 0 Å². The van der Waals surface area contributed by atoms with Gasteiger partial charge in [0.05, 0.1) is 5.69 Å². The van der Waals surface area contributed by atoms with Crippen molar-refractivity contribution in [1.29, 1.82) is 0 Å². The standard InChI is InChI=1S/C22H27N7O/c1-3-26(4-2)20-9-10-21(25-24-20)27-13-15-28(16-14-27)22(30)18-7-5-8-19(17-18)29-12-6-11-23-29/h5-12,17H,3-4,13-16H2,1-2H3. The zero-order chi connectivity index (χ0) is 20.9. The molecule has 4 rings (SSSR count). The lowest BCUT2D eigenvalue weighted by Crippen LogP contribution is -2.49. The smallest absolute Gasteiger partial charge is 0.254 e. The van der Waals surface area contributed by atoms with Crippen molar-refractivity contribution in [2.45, 2.75) is 13.8 Å². The Labute approximate surface area is 176 Å². The summed E-state index contributed by atoms with van der Waals surface area (Å²) in [7, 11) is 0. The summed E-state index contributed by atoms with van der Waals surface area (Å²) < 4.78 is 1.76. The Bertz CT molecular complexity index is 959. The van der Waals surface area contributed by atoms with Crippen LogP contribution in [0.25, 0.3) is 5.69 Å². The first-order chi connectivity index (χ1) is 14.7. The molecule has 2 aromatic heterocycles. The molecule has 0 saturated carbocycles. The van der Waals surface area contributed by atoms with Gasteiger partial charge >= 0.3 is 0 Å². The van der Waals surface area contributed by atoms with Crippen molar-refractivity contribution >= 4 is 17.5 Å². The van der Waals surface area contributed by atoms with Gasteiger partial charge in [-0.25, -0.2) is 4.68 Å². The monoisotopic (exact) mass is 405 g/mol. The number of carbonyl (C=O) groups excluding carboxylic acids is 1. The number of carbonyl (C=O) groups is 1. The molecular formula is C22H27N7O. The van der Waals surface area contributed by atoms with Crippen LogP contribution in [0.15, 0.2) is 54.9 Å². The minimum absolute atomic E-state index is 0.0478. The molecule has 3 aromatic rings. The first kappa shape index (κ1) is 19.9. The minimum Gasteiger partial charge on any atom is -0.356 e. The summed E-state index contributed by atoms with van der Waals surface area (Å²) in [4.78, 5) is 19.2. The van der Waals surface area contributed by atoms with Crippen LogP contribution < -0.4 is 9.80 Å². The Morgan fingerprint density at radius 1 is 1.00 bits per heavy atom. The molecular weight excluding hydrogens is 378 g/mol. The van der Waals surface area contributed by atoms with Crippen molar-refractivity contribution in [2.24, 2.45) is 0 Å². The molecule has 0 radical (unpaired) electrons. The molecule has 0 atom stereocenters. The van der Waals surface area contributed by atoms with Crippen LogP contribution in [-0.4, -0.2) is 70.1 Å². The van der Waals surface area contributed by atoms with E-state index in [-0.39, 0.29) is 5.91 Å². The van der Waals surface area contributed by atoms with Gasteiger partial charge in [0.25, 0.3) is 5.91 Å². The Balaban J connectivity index is 1.39. The molecule has 1 fully saturated rings. The first-order valence-corrected chi connectivity index (χ1v) is 10.4. The van der Waals surface area contributed by atoms with Crippen molar-refractivity contribution in [3.63, 3.8) is 0 Å². The number of rotatable bonds is 6. The van der Waals surface area contributed by atoms with Gasteiger partial charge in [-0.3, -0.25) is 4.79 Å². The molecule has 156 valence electrons. The van der Waals surface area contributed by atoms with Crippen LogP contribution in [0.3, 0.4) is 0 Å². The van der Waals surface area contributed by atoms with Crippen LogP contribution in [-0.2, 0) is 0 Å². The van der Waals surface area contributed by atoms with Crippen LogP contribution in [0.5, 0.6) is 0 Å². The van der Waals surface area contributed by atoms with Gasteiger partial charge in [-0.05, 0) is 50.2 Å². The fourth-order valence-corrected chi connectivity index (χ4v) is 3.73. The highest BCUT2D eigenvalue weighted by atomic mass is 16.2. The Morgan fingerprint density at radius 3 is 2.43 bits per heavy atom. The van der Waals surface area contributed by atoms with Crippen LogP contribution in [0.4, 0.5) is 11.6 Å². The topological polar surface area (TPSA) is 70.4 Å². The number of nitrogens with zero attached hydrogens (tertiary/aromatic N) is 7. The van der Waals surface area contributed by atoms with E-state index in [0.29, 0.717) is 18.7 Å². The van der Waals surface area contributed by atoms with Crippen LogP contribution in [0.2, 0.25) is 0 Å². The molecule has 8 heteroatoms. The number of piperazine rings is 1. The lowest BCUT2D eigenvalue weighted by molar-refractivity contribution is 0.0746. The second-order valence-corrected chi connectivity index (χ2v) is 7.20. The number of hydrogen-bond donors (Lipinski definition) is 0. The molecule has 0 aliphatic carbocycles. The van der Waals surface area contributed by atoms with Crippen LogP contribution in [0.1, 0.15) is 24.2 Å². The van der Waals surface area contributed by atoms with E-state index < -0.39 is 0 Å². The van der Waals surface area contributed by atoms with Crippen molar-refractivity contribution < 1.29 is 4.79 Å². The van der Waals surface area contributed by atoms with E-state index in [1.165, 1.54) is 0 Å². The van der Waals surface area contributed by atoms with Gasteiger partial charge in [-0.15, -0.1) is 10.2 Å². The Hall–Kier alpha value is -3.42. The van der Waals surface area contributed by atoms with Crippen molar-refractivity contribution in [1.82, 2.24) is 24.9 Å². The lowest BCUT2D eigenvalue weighted by atomic mass is 10.1. The summed E-state index contributed by atoms with van der Waals surface area (Å²) in [5.74, 6) is 1.81. The zero-order valence-electron chi connectivity index (χ0n) is 17.5. The van der Waals surface area contributed by atoms with E-state index in [1.807, 2.05) is 53.6 Å². The average Bonchev–Trinajstić information content (AvgIpc) is 3.35. The molecule has 1 aromatic carbocycles. The number of benzene rings is 1. The summed E-state index contributed by atoms with van der Waals surface area (Å²) in [6.45, 7) is 8.84. The molecule has 1 amide bonds. The fourth-order valence-electron chi connectivity index (χ4n) is 3.73. The largest absolute Gasteiger partial charge is 0.356 e. The first-order valence-electron chi connectivity index (χ1n) is 10.4. The van der Waals surface area contributed by atoms with Crippen molar-refractivity contribution in [2.75, 3.05) is 49.1 Å². The lowest BCUT2D eigenvalue weighted by Gasteiger charge is -2.35. The van der Waals surface area contributed by atoms with E-state index in [2.05, 4.69) is 38.9 Å². The summed E-state index contributed by atoms with van der Waals surface area (Å²) in [6.07, 6.45) is 3.60. The Morgan fingerprint density at radius 2 is 1.80 bits per heavy atom. The molecule has 1 saturated heterocycles. The van der Waals surface area contributed by atoms with Crippen molar-refractivity contribution in [3.8, 4) is 5.69 Å². The van der Waals surface area contributed by atoms with Crippen LogP contribution >= 0.6 is 0 Å². The average molecular weight is 406 g/mol. The van der Waals surface area contributed by atoms with E-state index in [9.17, 15) is 4.79 Å². The second-order valence-electron chi connectivity index (χ2n) is 7.20. The van der Waals surface area contributed by atoms with Gasteiger partial charge in [0, 0.05) is 57.2 Å². The second kappa shape index (κ2) is 8.94. The fraction of sp³-hybridized carbons (Fsp3) is 0.364. The van der Waals surface area contributed by atoms with Crippen molar-refractivity contribution in [3.05, 3.63) is 60.4 Å². The van der Waals surface area contributed by atoms with E-state index in [1.54, 1.807) is 10.9 Å². The normalized spacial score (nSPS) is 14.1. The van der Waals surface area contributed by atoms with Gasteiger partial charge in [-0.2, -0.15) is 5.10 Å². The number of hydrogen-bond acceptors (Lipinski definition) is 6. The molecule has 8 nitrogen and oxygen atoms in total. The third kappa shape index (κ3) is 4.12. The molecule has 0 bridgehead atoms. The maximum Gasteiger partial charge on any atom is 0.254 e. The molecule has 0 N–H and O–H groups in total. The summed E-state index contributed by atoms with van der Waals surface area (Å²) in [5, 5.41) is 13.0. The zero-order valence-corrected chi connectivity index (χ0v) is 17.5. The summed E-state index contributed by atoms with van der Waals surface area (Å²) >= 11 is 0. The third-order valence-corrected chi connectivity index (χ3v) is 5.48. The van der Waals surface area contributed by atoms with Gasteiger partial charge in [-0.1, -0.05) is 6.07 Å². The molecule has 3 heterocycles. The van der Waals surface area contributed by atoms with Gasteiger partial charge in [0.2, 0.25) is 0 Å². The molecule has 0 spiro atoms. The highest BCUT2D eigenvalue weighted by molar-refractivity contribution is 5.95. The van der Waals surface area contributed by atoms with E-state index in [0.717, 1.165) is 43.5 Å². The third-order valence-electron chi connectivity index (χ3n) is 5.48. The molecule has 0 unspecified atom stereocenters. The number of aromatic nitrogens is 4. The molecule has 30 heavy (non-hydrogen) atoms. The minimum atomic E-state index is 0.0478. The van der Waals surface area contributed by atoms with Gasteiger partial charge in [0.15, 0.2) is 11.6 Å². The van der Waals surface area contributed by atoms with Gasteiger partial charge < -0.3 is 14.7 Å². The number of anilines is 2. The summed E-state index contributed by atoms with van der Waals surface area (Å²) in [6, 6.07) is 13.5. The highest BCUT2D eigenvalue weighted by Gasteiger charge is 2.23. The number of amides is 1. The van der Waals surface area contributed by atoms with Crippen LogP contribution in [0, 0.1) is 0 Å². The molecule has 1 aliphatic rings. The quantitative estimate of drug-likeness (QED) is 0.628. The van der Waals surface area contributed by atoms with Gasteiger partial charge in [0.1, 0.15) is 0 Å². The maximum absolute atomic E-state index is 13.0. The predicted octanol–water partition coefficient (Wildman–Crippen LogP) is 2.47. The molecule has 1 aliphatic heterocycles. The summed E-state index contributed by atoms with van der Waals surface area (Å²) in [5.41, 5.74) is 1.56. The van der Waals surface area contributed by atoms with E-state index >= 15 is 0 Å². The Kier molecular flexibility index (Phi) is 5.92. The highest BCUT2D eigenvalue weighted by Crippen LogP contribution is 2.18. The maximum atomic E-state index is 13.0. The SMILES string of the molecule is CCN(CC)c1ccc(N2CCN(C(=O)c3cccc(-n4cccn4)c3)CC2)nn1.